The highest BCUT2D eigenvalue weighted by Gasteiger charge is 2.40. The number of carbonyl (C=O) groups excluding carboxylic acids is 1. The minimum Gasteiger partial charge on any atom is -0.396 e. The second kappa shape index (κ2) is 5.85. The largest absolute Gasteiger partial charge is 0.396 e. The number of rotatable bonds is 6. The van der Waals surface area contributed by atoms with Crippen LogP contribution >= 0.6 is 0 Å². The van der Waals surface area contributed by atoms with Crippen LogP contribution in [0.5, 0.6) is 0 Å². The van der Waals surface area contributed by atoms with Crippen LogP contribution < -0.4 is 5.32 Å². The molecule has 2 aliphatic rings. The smallest absolute Gasteiger partial charge is 0.220 e. The van der Waals surface area contributed by atoms with E-state index in [9.17, 15) is 4.79 Å². The third-order valence-corrected chi connectivity index (χ3v) is 4.53. The van der Waals surface area contributed by atoms with E-state index >= 15 is 0 Å². The van der Waals surface area contributed by atoms with E-state index in [0.717, 1.165) is 31.1 Å². The van der Waals surface area contributed by atoms with Crippen molar-refractivity contribution in [2.24, 2.45) is 17.8 Å². The van der Waals surface area contributed by atoms with Crippen molar-refractivity contribution in [3.63, 3.8) is 0 Å². The predicted molar refractivity (Wildman–Crippen MR) is 67.5 cm³/mol. The molecule has 0 aliphatic heterocycles. The second-order valence-corrected chi connectivity index (χ2v) is 5.97. The fourth-order valence-electron chi connectivity index (χ4n) is 3.67. The monoisotopic (exact) mass is 239 g/mol. The van der Waals surface area contributed by atoms with Crippen molar-refractivity contribution in [2.75, 3.05) is 6.61 Å². The summed E-state index contributed by atoms with van der Waals surface area (Å²) in [4.78, 5) is 11.9. The minimum atomic E-state index is 0.202. The molecular weight excluding hydrogens is 214 g/mol. The molecule has 0 aromatic heterocycles. The molecule has 3 heteroatoms. The number of nitrogens with one attached hydrogen (secondary N) is 1. The van der Waals surface area contributed by atoms with E-state index in [4.69, 9.17) is 5.11 Å². The van der Waals surface area contributed by atoms with Gasteiger partial charge in [-0.1, -0.05) is 6.42 Å². The molecule has 2 bridgehead atoms. The molecule has 17 heavy (non-hydrogen) atoms. The van der Waals surface area contributed by atoms with Crippen LogP contribution in [0.3, 0.4) is 0 Å². The Morgan fingerprint density at radius 3 is 2.82 bits per heavy atom. The fourth-order valence-corrected chi connectivity index (χ4v) is 3.67. The molecule has 0 saturated heterocycles. The molecule has 4 unspecified atom stereocenters. The SMILES string of the molecule is CC(CCCO)NC(=O)CC1CC2CCC1C2. The Morgan fingerprint density at radius 1 is 1.41 bits per heavy atom. The first-order valence-electron chi connectivity index (χ1n) is 7.09. The standard InChI is InChI=1S/C14H25NO2/c1-10(3-2-6-16)15-14(17)9-13-8-11-4-5-12(13)7-11/h10-13,16H,2-9H2,1H3,(H,15,17). The molecular formula is C14H25NO2. The van der Waals surface area contributed by atoms with Gasteiger partial charge in [0, 0.05) is 19.1 Å². The topological polar surface area (TPSA) is 49.3 Å². The number of hydrogen-bond donors (Lipinski definition) is 2. The first kappa shape index (κ1) is 12.9. The van der Waals surface area contributed by atoms with Gasteiger partial charge in [-0.25, -0.2) is 0 Å². The third-order valence-electron chi connectivity index (χ3n) is 4.53. The van der Waals surface area contributed by atoms with Gasteiger partial charge in [0.15, 0.2) is 0 Å². The highest BCUT2D eigenvalue weighted by Crippen LogP contribution is 2.49. The highest BCUT2D eigenvalue weighted by molar-refractivity contribution is 5.76. The summed E-state index contributed by atoms with van der Waals surface area (Å²) in [6, 6.07) is 0.202. The molecule has 0 heterocycles. The highest BCUT2D eigenvalue weighted by atomic mass is 16.2. The Kier molecular flexibility index (Phi) is 4.43. The molecule has 2 fully saturated rings. The molecule has 0 aromatic carbocycles. The normalized spacial score (nSPS) is 32.7. The predicted octanol–water partition coefficient (Wildman–Crippen LogP) is 2.09. The van der Waals surface area contributed by atoms with E-state index < -0.39 is 0 Å². The molecule has 0 spiro atoms. The lowest BCUT2D eigenvalue weighted by Crippen LogP contribution is -2.34. The van der Waals surface area contributed by atoms with E-state index in [1.54, 1.807) is 0 Å². The van der Waals surface area contributed by atoms with Gasteiger partial charge in [0.05, 0.1) is 0 Å². The van der Waals surface area contributed by atoms with Crippen LogP contribution in [0.1, 0.15) is 51.9 Å². The number of aliphatic hydroxyl groups is 1. The van der Waals surface area contributed by atoms with Gasteiger partial charge in [-0.05, 0) is 56.8 Å². The maximum atomic E-state index is 11.9. The summed E-state index contributed by atoms with van der Waals surface area (Å²) >= 11 is 0. The van der Waals surface area contributed by atoms with E-state index in [-0.39, 0.29) is 18.6 Å². The van der Waals surface area contributed by atoms with Gasteiger partial charge in [0.2, 0.25) is 5.91 Å². The van der Waals surface area contributed by atoms with E-state index in [2.05, 4.69) is 5.32 Å². The molecule has 2 saturated carbocycles. The fraction of sp³-hybridized carbons (Fsp3) is 0.929. The van der Waals surface area contributed by atoms with Crippen molar-refractivity contribution in [1.29, 1.82) is 0 Å². The van der Waals surface area contributed by atoms with Crippen LogP contribution in [-0.2, 0) is 4.79 Å². The molecule has 1 amide bonds. The van der Waals surface area contributed by atoms with Gasteiger partial charge in [0.25, 0.3) is 0 Å². The number of hydrogen-bond acceptors (Lipinski definition) is 2. The van der Waals surface area contributed by atoms with E-state index in [0.29, 0.717) is 5.92 Å². The maximum Gasteiger partial charge on any atom is 0.220 e. The lowest BCUT2D eigenvalue weighted by molar-refractivity contribution is -0.123. The summed E-state index contributed by atoms with van der Waals surface area (Å²) in [6.45, 7) is 2.24. The summed E-state index contributed by atoms with van der Waals surface area (Å²) in [6.07, 6.45) is 7.78. The van der Waals surface area contributed by atoms with Crippen molar-refractivity contribution in [3.05, 3.63) is 0 Å². The average molecular weight is 239 g/mol. The molecule has 2 rings (SSSR count). The van der Waals surface area contributed by atoms with Crippen LogP contribution in [0.25, 0.3) is 0 Å². The summed E-state index contributed by atoms with van der Waals surface area (Å²) in [7, 11) is 0. The Morgan fingerprint density at radius 2 is 2.24 bits per heavy atom. The van der Waals surface area contributed by atoms with Crippen molar-refractivity contribution < 1.29 is 9.90 Å². The zero-order valence-electron chi connectivity index (χ0n) is 10.8. The van der Waals surface area contributed by atoms with Crippen molar-refractivity contribution in [3.8, 4) is 0 Å². The van der Waals surface area contributed by atoms with Gasteiger partial charge in [-0.15, -0.1) is 0 Å². The van der Waals surface area contributed by atoms with Gasteiger partial charge in [-0.3, -0.25) is 4.79 Å². The molecule has 2 aliphatic carbocycles. The molecule has 0 radical (unpaired) electrons. The number of aliphatic hydroxyl groups excluding tert-OH is 1. The first-order chi connectivity index (χ1) is 8.19. The summed E-state index contributed by atoms with van der Waals surface area (Å²) in [5.74, 6) is 2.62. The molecule has 98 valence electrons. The third kappa shape index (κ3) is 3.44. The zero-order valence-corrected chi connectivity index (χ0v) is 10.8. The first-order valence-corrected chi connectivity index (χ1v) is 7.09. The van der Waals surface area contributed by atoms with Crippen LogP contribution in [0.4, 0.5) is 0 Å². The van der Waals surface area contributed by atoms with Gasteiger partial charge in [0.1, 0.15) is 0 Å². The molecule has 0 aromatic rings. The van der Waals surface area contributed by atoms with Crippen molar-refractivity contribution in [1.82, 2.24) is 5.32 Å². The lowest BCUT2D eigenvalue weighted by atomic mass is 9.86. The number of carbonyl (C=O) groups is 1. The number of amides is 1. The Bertz CT molecular complexity index is 267. The Hall–Kier alpha value is -0.570. The quantitative estimate of drug-likeness (QED) is 0.745. The zero-order chi connectivity index (χ0) is 12.3. The van der Waals surface area contributed by atoms with Gasteiger partial charge < -0.3 is 10.4 Å². The van der Waals surface area contributed by atoms with Crippen LogP contribution in [0, 0.1) is 17.8 Å². The van der Waals surface area contributed by atoms with Crippen LogP contribution in [0.15, 0.2) is 0 Å². The summed E-state index contributed by atoms with van der Waals surface area (Å²) in [5, 5.41) is 11.8. The van der Waals surface area contributed by atoms with E-state index in [1.807, 2.05) is 6.92 Å². The maximum absolute atomic E-state index is 11.9. The molecule has 3 nitrogen and oxygen atoms in total. The van der Waals surface area contributed by atoms with Gasteiger partial charge in [-0.2, -0.15) is 0 Å². The van der Waals surface area contributed by atoms with E-state index in [1.165, 1.54) is 25.7 Å². The van der Waals surface area contributed by atoms with Crippen molar-refractivity contribution in [2.45, 2.75) is 57.9 Å². The lowest BCUT2D eigenvalue weighted by Gasteiger charge is -2.22. The molecule has 4 atom stereocenters. The van der Waals surface area contributed by atoms with Crippen LogP contribution in [0.2, 0.25) is 0 Å². The second-order valence-electron chi connectivity index (χ2n) is 5.97. The Labute approximate surface area is 104 Å². The van der Waals surface area contributed by atoms with Crippen molar-refractivity contribution >= 4 is 5.91 Å². The number of fused-ring (bicyclic) bond motifs is 2. The minimum absolute atomic E-state index is 0.202. The average Bonchev–Trinajstić information content (AvgIpc) is 2.87. The van der Waals surface area contributed by atoms with Crippen LogP contribution in [-0.4, -0.2) is 23.7 Å². The molecule has 2 N–H and O–H groups in total. The Balaban J connectivity index is 1.67. The summed E-state index contributed by atoms with van der Waals surface area (Å²) < 4.78 is 0. The van der Waals surface area contributed by atoms with Gasteiger partial charge >= 0.3 is 0 Å². The summed E-state index contributed by atoms with van der Waals surface area (Å²) in [5.41, 5.74) is 0.